The van der Waals surface area contributed by atoms with Gasteiger partial charge in [0.1, 0.15) is 0 Å². The molecule has 5 nitrogen and oxygen atoms in total. The lowest BCUT2D eigenvalue weighted by Crippen LogP contribution is -2.55. The number of nitrogens with one attached hydrogen (secondary N) is 1. The van der Waals surface area contributed by atoms with Crippen LogP contribution in [0, 0.1) is 6.92 Å². The molecular weight excluding hydrogens is 278 g/mol. The molecule has 0 spiro atoms. The quantitative estimate of drug-likeness (QED) is 0.925. The van der Waals surface area contributed by atoms with Crippen LogP contribution in [0.25, 0.3) is 11.3 Å². The Kier molecular flexibility index (Phi) is 3.98. The number of piperazine rings is 1. The van der Waals surface area contributed by atoms with Crippen LogP contribution in [0.1, 0.15) is 29.9 Å². The molecule has 0 bridgehead atoms. The van der Waals surface area contributed by atoms with E-state index in [0.717, 1.165) is 5.56 Å². The van der Waals surface area contributed by atoms with Crippen LogP contribution >= 0.6 is 0 Å². The molecule has 2 unspecified atom stereocenters. The van der Waals surface area contributed by atoms with Crippen LogP contribution in [0.2, 0.25) is 0 Å². The number of benzene rings is 1. The topological polar surface area (TPSA) is 58.4 Å². The third-order valence-electron chi connectivity index (χ3n) is 3.93. The van der Waals surface area contributed by atoms with Crippen molar-refractivity contribution < 1.29 is 9.21 Å². The predicted molar refractivity (Wildman–Crippen MR) is 84.6 cm³/mol. The van der Waals surface area contributed by atoms with E-state index >= 15 is 0 Å². The van der Waals surface area contributed by atoms with Crippen molar-refractivity contribution in [2.75, 3.05) is 13.1 Å². The molecule has 0 aliphatic carbocycles. The maximum absolute atomic E-state index is 12.8. The molecule has 116 valence electrons. The van der Waals surface area contributed by atoms with Gasteiger partial charge in [0.2, 0.25) is 0 Å². The van der Waals surface area contributed by atoms with Gasteiger partial charge in [0.05, 0.1) is 0 Å². The van der Waals surface area contributed by atoms with Crippen LogP contribution < -0.4 is 5.32 Å². The van der Waals surface area contributed by atoms with Crippen LogP contribution in [0.4, 0.5) is 0 Å². The zero-order valence-electron chi connectivity index (χ0n) is 13.2. The Balaban J connectivity index is 1.88. The lowest BCUT2D eigenvalue weighted by atomic mass is 10.1. The second kappa shape index (κ2) is 5.93. The molecule has 1 aromatic heterocycles. The van der Waals surface area contributed by atoms with Crippen molar-refractivity contribution in [1.82, 2.24) is 15.2 Å². The third kappa shape index (κ3) is 2.90. The molecular formula is C17H21N3O2. The zero-order valence-corrected chi connectivity index (χ0v) is 13.2. The molecule has 5 heteroatoms. The molecule has 1 aliphatic heterocycles. The van der Waals surface area contributed by atoms with E-state index in [0.29, 0.717) is 24.5 Å². The number of amides is 1. The SMILES string of the molecule is Cc1ccc(-c2ocnc2C(=O)N2CC(C)NC(C)C2)cc1. The highest BCUT2D eigenvalue weighted by Gasteiger charge is 2.29. The minimum absolute atomic E-state index is 0.0653. The first-order valence-corrected chi connectivity index (χ1v) is 7.60. The smallest absolute Gasteiger partial charge is 0.276 e. The van der Waals surface area contributed by atoms with E-state index in [4.69, 9.17) is 4.42 Å². The first-order chi connectivity index (χ1) is 10.5. The summed E-state index contributed by atoms with van der Waals surface area (Å²) in [4.78, 5) is 18.8. The minimum atomic E-state index is -0.0653. The number of nitrogens with zero attached hydrogens (tertiary/aromatic N) is 2. The van der Waals surface area contributed by atoms with Crippen LogP contribution in [-0.2, 0) is 0 Å². The average molecular weight is 299 g/mol. The van der Waals surface area contributed by atoms with Crippen LogP contribution in [0.3, 0.4) is 0 Å². The van der Waals surface area contributed by atoms with Gasteiger partial charge in [0.25, 0.3) is 5.91 Å². The maximum atomic E-state index is 12.8. The van der Waals surface area contributed by atoms with E-state index in [1.807, 2.05) is 36.1 Å². The summed E-state index contributed by atoms with van der Waals surface area (Å²) in [6.45, 7) is 7.56. The summed E-state index contributed by atoms with van der Waals surface area (Å²) in [6.07, 6.45) is 1.34. The van der Waals surface area contributed by atoms with Crippen LogP contribution in [-0.4, -0.2) is 41.0 Å². The molecule has 1 aromatic carbocycles. The molecule has 3 rings (SSSR count). The van der Waals surface area contributed by atoms with Gasteiger partial charge < -0.3 is 14.6 Å². The summed E-state index contributed by atoms with van der Waals surface area (Å²) in [5.41, 5.74) is 2.44. The Labute approximate surface area is 130 Å². The van der Waals surface area contributed by atoms with E-state index in [2.05, 4.69) is 24.1 Å². The number of aryl methyl sites for hydroxylation is 1. The molecule has 1 fully saturated rings. The minimum Gasteiger partial charge on any atom is -0.443 e. The van der Waals surface area contributed by atoms with Gasteiger partial charge >= 0.3 is 0 Å². The Morgan fingerprint density at radius 1 is 1.23 bits per heavy atom. The predicted octanol–water partition coefficient (Wildman–Crippen LogP) is 2.47. The second-order valence-electron chi connectivity index (χ2n) is 6.08. The number of hydrogen-bond acceptors (Lipinski definition) is 4. The molecule has 1 amide bonds. The second-order valence-corrected chi connectivity index (χ2v) is 6.08. The number of hydrogen-bond donors (Lipinski definition) is 1. The van der Waals surface area contributed by atoms with Crippen molar-refractivity contribution in [2.45, 2.75) is 32.9 Å². The Morgan fingerprint density at radius 2 is 1.86 bits per heavy atom. The number of aromatic nitrogens is 1. The van der Waals surface area contributed by atoms with Crippen molar-refractivity contribution in [3.05, 3.63) is 41.9 Å². The zero-order chi connectivity index (χ0) is 15.7. The van der Waals surface area contributed by atoms with Gasteiger partial charge in [0, 0.05) is 30.7 Å². The van der Waals surface area contributed by atoms with Crippen LogP contribution in [0.5, 0.6) is 0 Å². The van der Waals surface area contributed by atoms with E-state index in [9.17, 15) is 4.79 Å². The molecule has 2 heterocycles. The fourth-order valence-corrected chi connectivity index (χ4v) is 2.95. The fraction of sp³-hybridized carbons (Fsp3) is 0.412. The van der Waals surface area contributed by atoms with E-state index in [1.165, 1.54) is 12.0 Å². The number of rotatable bonds is 2. The van der Waals surface area contributed by atoms with Gasteiger partial charge in [-0.15, -0.1) is 0 Å². The number of oxazole rings is 1. The summed E-state index contributed by atoms with van der Waals surface area (Å²) in [6, 6.07) is 8.47. The van der Waals surface area contributed by atoms with Crippen molar-refractivity contribution in [1.29, 1.82) is 0 Å². The highest BCUT2D eigenvalue weighted by molar-refractivity contribution is 5.97. The summed E-state index contributed by atoms with van der Waals surface area (Å²) >= 11 is 0. The molecule has 22 heavy (non-hydrogen) atoms. The van der Waals surface area contributed by atoms with Gasteiger partial charge in [-0.3, -0.25) is 4.79 Å². The van der Waals surface area contributed by atoms with E-state index in [-0.39, 0.29) is 18.0 Å². The van der Waals surface area contributed by atoms with E-state index in [1.54, 1.807) is 0 Å². The Bertz CT molecular complexity index is 653. The van der Waals surface area contributed by atoms with Gasteiger partial charge in [-0.1, -0.05) is 29.8 Å². The lowest BCUT2D eigenvalue weighted by Gasteiger charge is -2.35. The van der Waals surface area contributed by atoms with Crippen LogP contribution in [0.15, 0.2) is 35.1 Å². The van der Waals surface area contributed by atoms with Gasteiger partial charge in [0.15, 0.2) is 17.8 Å². The summed E-state index contributed by atoms with van der Waals surface area (Å²) < 4.78 is 5.48. The standard InChI is InChI=1S/C17H21N3O2/c1-11-4-6-14(7-5-11)16-15(18-10-22-16)17(21)20-8-12(2)19-13(3)9-20/h4-7,10,12-13,19H,8-9H2,1-3H3. The van der Waals surface area contributed by atoms with Crippen molar-refractivity contribution in [3.8, 4) is 11.3 Å². The van der Waals surface area contributed by atoms with Gasteiger partial charge in [-0.2, -0.15) is 0 Å². The third-order valence-corrected chi connectivity index (χ3v) is 3.93. The number of carbonyl (C=O) groups excluding carboxylic acids is 1. The molecule has 0 saturated carbocycles. The molecule has 1 aliphatic rings. The van der Waals surface area contributed by atoms with Crippen molar-refractivity contribution >= 4 is 5.91 Å². The first-order valence-electron chi connectivity index (χ1n) is 7.60. The molecule has 1 saturated heterocycles. The largest absolute Gasteiger partial charge is 0.443 e. The average Bonchev–Trinajstić information content (AvgIpc) is 2.95. The van der Waals surface area contributed by atoms with Gasteiger partial charge in [-0.25, -0.2) is 4.98 Å². The highest BCUT2D eigenvalue weighted by Crippen LogP contribution is 2.25. The van der Waals surface area contributed by atoms with Crippen molar-refractivity contribution in [3.63, 3.8) is 0 Å². The molecule has 2 atom stereocenters. The molecule has 1 N–H and O–H groups in total. The van der Waals surface area contributed by atoms with Gasteiger partial charge in [-0.05, 0) is 20.8 Å². The lowest BCUT2D eigenvalue weighted by molar-refractivity contribution is 0.0669. The summed E-state index contributed by atoms with van der Waals surface area (Å²) in [5, 5.41) is 3.42. The normalized spacial score (nSPS) is 21.9. The van der Waals surface area contributed by atoms with Crippen molar-refractivity contribution in [2.24, 2.45) is 0 Å². The monoisotopic (exact) mass is 299 g/mol. The first kappa shape index (κ1) is 14.8. The summed E-state index contributed by atoms with van der Waals surface area (Å²) in [7, 11) is 0. The molecule has 0 radical (unpaired) electrons. The fourth-order valence-electron chi connectivity index (χ4n) is 2.95. The highest BCUT2D eigenvalue weighted by atomic mass is 16.3. The molecule has 2 aromatic rings. The maximum Gasteiger partial charge on any atom is 0.276 e. The number of carbonyl (C=O) groups is 1. The Morgan fingerprint density at radius 3 is 2.50 bits per heavy atom. The Hall–Kier alpha value is -2.14. The summed E-state index contributed by atoms with van der Waals surface area (Å²) in [5.74, 6) is 0.480. The van der Waals surface area contributed by atoms with E-state index < -0.39 is 0 Å².